The molecule has 0 aliphatic carbocycles. The highest BCUT2D eigenvalue weighted by Crippen LogP contribution is 2.26. The summed E-state index contributed by atoms with van der Waals surface area (Å²) in [4.78, 5) is 16.6. The molecule has 0 radical (unpaired) electrons. The van der Waals surface area contributed by atoms with Crippen molar-refractivity contribution in [3.05, 3.63) is 82.7 Å². The van der Waals surface area contributed by atoms with Gasteiger partial charge in [-0.15, -0.1) is 0 Å². The molecule has 0 saturated carbocycles. The number of rotatable bonds is 4. The summed E-state index contributed by atoms with van der Waals surface area (Å²) in [6, 6.07) is 16.0. The number of anilines is 1. The Balaban J connectivity index is 1.83. The van der Waals surface area contributed by atoms with E-state index in [0.717, 1.165) is 4.47 Å². The first-order valence-electron chi connectivity index (χ1n) is 7.07. The number of benzene rings is 2. The average molecular weight is 387 g/mol. The molecule has 0 unspecified atom stereocenters. The molecule has 1 N–H and O–H groups in total. The molecule has 120 valence electrons. The van der Waals surface area contributed by atoms with E-state index < -0.39 is 0 Å². The Bertz CT molecular complexity index is 869. The molecule has 0 fully saturated rings. The third-order valence-corrected chi connectivity index (χ3v) is 3.62. The van der Waals surface area contributed by atoms with E-state index in [-0.39, 0.29) is 23.2 Å². The molecule has 1 amide bonds. The third kappa shape index (κ3) is 3.97. The lowest BCUT2D eigenvalue weighted by atomic mass is 10.2. The number of carbonyl (C=O) groups is 1. The number of nitrogens with one attached hydrogen (secondary N) is 1. The van der Waals surface area contributed by atoms with E-state index in [2.05, 4.69) is 26.2 Å². The second-order valence-corrected chi connectivity index (χ2v) is 5.79. The zero-order valence-electron chi connectivity index (χ0n) is 12.4. The van der Waals surface area contributed by atoms with Crippen LogP contribution in [0.3, 0.4) is 0 Å². The molecule has 0 spiro atoms. The molecule has 6 heteroatoms. The smallest absolute Gasteiger partial charge is 0.261 e. The van der Waals surface area contributed by atoms with E-state index in [1.807, 2.05) is 12.1 Å². The van der Waals surface area contributed by atoms with Gasteiger partial charge < -0.3 is 10.1 Å². The van der Waals surface area contributed by atoms with Crippen molar-refractivity contribution in [2.24, 2.45) is 0 Å². The van der Waals surface area contributed by atoms with Gasteiger partial charge >= 0.3 is 0 Å². The van der Waals surface area contributed by atoms with Crippen molar-refractivity contribution >= 4 is 27.5 Å². The van der Waals surface area contributed by atoms with Gasteiger partial charge in [0.15, 0.2) is 0 Å². The lowest BCUT2D eigenvalue weighted by Crippen LogP contribution is -2.13. The summed E-state index contributed by atoms with van der Waals surface area (Å²) in [6.45, 7) is 0. The number of halogens is 2. The molecule has 1 heterocycles. The monoisotopic (exact) mass is 386 g/mol. The Morgan fingerprint density at radius 2 is 1.88 bits per heavy atom. The normalized spacial score (nSPS) is 10.2. The summed E-state index contributed by atoms with van der Waals surface area (Å²) in [5.74, 6) is -0.0122. The minimum absolute atomic E-state index is 0.190. The first kappa shape index (κ1) is 16.1. The van der Waals surface area contributed by atoms with Gasteiger partial charge in [-0.3, -0.25) is 4.79 Å². The van der Waals surface area contributed by atoms with Crippen LogP contribution in [-0.2, 0) is 0 Å². The molecule has 1 aromatic heterocycles. The van der Waals surface area contributed by atoms with Crippen molar-refractivity contribution in [1.82, 2.24) is 4.98 Å². The molecule has 0 atom stereocenters. The molecular formula is C18H12BrFN2O2. The molecule has 0 aliphatic rings. The third-order valence-electron chi connectivity index (χ3n) is 3.13. The fourth-order valence-electron chi connectivity index (χ4n) is 2.02. The number of nitrogens with zero attached hydrogens (tertiary/aromatic N) is 1. The van der Waals surface area contributed by atoms with Gasteiger partial charge in [0.2, 0.25) is 5.88 Å². The topological polar surface area (TPSA) is 51.2 Å². The lowest BCUT2D eigenvalue weighted by molar-refractivity contribution is 0.102. The Hall–Kier alpha value is -2.73. The van der Waals surface area contributed by atoms with E-state index in [0.29, 0.717) is 11.4 Å². The van der Waals surface area contributed by atoms with Crippen LogP contribution in [0.2, 0.25) is 0 Å². The SMILES string of the molecule is O=C(Nc1ccc(F)cc1)c1cccnc1Oc1cccc(Br)c1. The average Bonchev–Trinajstić information content (AvgIpc) is 2.57. The van der Waals surface area contributed by atoms with Crippen LogP contribution in [0.25, 0.3) is 0 Å². The number of hydrogen-bond donors (Lipinski definition) is 1. The maximum absolute atomic E-state index is 12.9. The predicted octanol–water partition coefficient (Wildman–Crippen LogP) is 5.03. The Kier molecular flexibility index (Phi) is 4.86. The highest BCUT2D eigenvalue weighted by atomic mass is 79.9. The Labute approximate surface area is 146 Å². The second-order valence-electron chi connectivity index (χ2n) is 4.88. The Morgan fingerprint density at radius 1 is 1.08 bits per heavy atom. The number of pyridine rings is 1. The second kappa shape index (κ2) is 7.23. The van der Waals surface area contributed by atoms with Gasteiger partial charge in [0.1, 0.15) is 17.1 Å². The standard InChI is InChI=1S/C18H12BrFN2O2/c19-12-3-1-4-15(11-12)24-18-16(5-2-10-21-18)17(23)22-14-8-6-13(20)7-9-14/h1-11H,(H,22,23). The van der Waals surface area contributed by atoms with Gasteiger partial charge in [0.05, 0.1) is 0 Å². The molecule has 0 bridgehead atoms. The quantitative estimate of drug-likeness (QED) is 0.684. The first-order chi connectivity index (χ1) is 11.6. The van der Waals surface area contributed by atoms with Crippen molar-refractivity contribution in [1.29, 1.82) is 0 Å². The van der Waals surface area contributed by atoms with E-state index in [1.165, 1.54) is 24.3 Å². The molecule has 24 heavy (non-hydrogen) atoms. The summed E-state index contributed by atoms with van der Waals surface area (Å²) < 4.78 is 19.5. The molecule has 0 saturated heterocycles. The summed E-state index contributed by atoms with van der Waals surface area (Å²) >= 11 is 3.36. The fraction of sp³-hybridized carbons (Fsp3) is 0. The predicted molar refractivity (Wildman–Crippen MR) is 92.8 cm³/mol. The molecule has 3 aromatic rings. The lowest BCUT2D eigenvalue weighted by Gasteiger charge is -2.10. The zero-order valence-corrected chi connectivity index (χ0v) is 14.0. The number of aromatic nitrogens is 1. The van der Waals surface area contributed by atoms with Gasteiger partial charge in [0, 0.05) is 16.4 Å². The van der Waals surface area contributed by atoms with Crippen LogP contribution in [0.15, 0.2) is 71.3 Å². The summed E-state index contributed by atoms with van der Waals surface area (Å²) in [5.41, 5.74) is 0.764. The van der Waals surface area contributed by atoms with Crippen LogP contribution in [0.1, 0.15) is 10.4 Å². The fourth-order valence-corrected chi connectivity index (χ4v) is 2.40. The van der Waals surface area contributed by atoms with E-state index >= 15 is 0 Å². The number of amides is 1. The summed E-state index contributed by atoms with van der Waals surface area (Å²) in [7, 11) is 0. The molecule has 2 aromatic carbocycles. The number of ether oxygens (including phenoxy) is 1. The van der Waals surface area contributed by atoms with Crippen molar-refractivity contribution < 1.29 is 13.9 Å². The van der Waals surface area contributed by atoms with E-state index in [4.69, 9.17) is 4.74 Å². The highest BCUT2D eigenvalue weighted by molar-refractivity contribution is 9.10. The van der Waals surface area contributed by atoms with Crippen LogP contribution in [-0.4, -0.2) is 10.9 Å². The van der Waals surface area contributed by atoms with Crippen molar-refractivity contribution in [3.63, 3.8) is 0 Å². The Morgan fingerprint density at radius 3 is 2.62 bits per heavy atom. The van der Waals surface area contributed by atoms with Gasteiger partial charge in [-0.25, -0.2) is 9.37 Å². The maximum atomic E-state index is 12.9. The number of carbonyl (C=O) groups excluding carboxylic acids is 1. The van der Waals surface area contributed by atoms with E-state index in [9.17, 15) is 9.18 Å². The molecule has 0 aliphatic heterocycles. The minimum Gasteiger partial charge on any atom is -0.438 e. The summed E-state index contributed by atoms with van der Waals surface area (Å²) in [5, 5.41) is 2.69. The van der Waals surface area contributed by atoms with Crippen LogP contribution >= 0.6 is 15.9 Å². The highest BCUT2D eigenvalue weighted by Gasteiger charge is 2.14. The van der Waals surface area contributed by atoms with Crippen LogP contribution < -0.4 is 10.1 Å². The van der Waals surface area contributed by atoms with Gasteiger partial charge in [0.25, 0.3) is 5.91 Å². The summed E-state index contributed by atoms with van der Waals surface area (Å²) in [6.07, 6.45) is 1.54. The van der Waals surface area contributed by atoms with Gasteiger partial charge in [-0.1, -0.05) is 22.0 Å². The molecule has 4 nitrogen and oxygen atoms in total. The minimum atomic E-state index is -0.389. The van der Waals surface area contributed by atoms with Crippen molar-refractivity contribution in [3.8, 4) is 11.6 Å². The van der Waals surface area contributed by atoms with Crippen LogP contribution in [0.4, 0.5) is 10.1 Å². The van der Waals surface area contributed by atoms with Crippen molar-refractivity contribution in [2.45, 2.75) is 0 Å². The zero-order chi connectivity index (χ0) is 16.9. The van der Waals surface area contributed by atoms with Crippen molar-refractivity contribution in [2.75, 3.05) is 5.32 Å². The maximum Gasteiger partial charge on any atom is 0.261 e. The van der Waals surface area contributed by atoms with E-state index in [1.54, 1.807) is 30.5 Å². The van der Waals surface area contributed by atoms with Gasteiger partial charge in [-0.2, -0.15) is 0 Å². The molecular weight excluding hydrogens is 375 g/mol. The van der Waals surface area contributed by atoms with Crippen LogP contribution in [0.5, 0.6) is 11.6 Å². The van der Waals surface area contributed by atoms with Gasteiger partial charge in [-0.05, 0) is 54.6 Å². The van der Waals surface area contributed by atoms with Crippen LogP contribution in [0, 0.1) is 5.82 Å². The molecule has 3 rings (SSSR count). The first-order valence-corrected chi connectivity index (χ1v) is 7.86. The largest absolute Gasteiger partial charge is 0.438 e. The number of hydrogen-bond acceptors (Lipinski definition) is 3.